The third kappa shape index (κ3) is 2.36. The van der Waals surface area contributed by atoms with Crippen molar-refractivity contribution in [1.82, 2.24) is 29.4 Å². The van der Waals surface area contributed by atoms with Crippen molar-refractivity contribution in [2.75, 3.05) is 0 Å². The highest BCUT2D eigenvalue weighted by Crippen LogP contribution is 2.16. The number of hydrogen-bond donors (Lipinski definition) is 0. The lowest BCUT2D eigenvalue weighted by Gasteiger charge is -2.30. The molecule has 0 bridgehead atoms. The zero-order valence-electron chi connectivity index (χ0n) is 14.1. The van der Waals surface area contributed by atoms with Gasteiger partial charge in [0, 0.05) is 18.7 Å². The number of allylic oxidation sites excluding steroid dienone is 2. The number of hydrazone groups is 1. The molecule has 0 saturated heterocycles. The molecule has 1 aliphatic heterocycles. The summed E-state index contributed by atoms with van der Waals surface area (Å²) < 4.78 is 4.13. The van der Waals surface area contributed by atoms with E-state index >= 15 is 0 Å². The summed E-state index contributed by atoms with van der Waals surface area (Å²) in [5, 5.41) is 14.1. The Morgan fingerprint density at radius 2 is 1.36 bits per heavy atom. The second kappa shape index (κ2) is 5.16. The van der Waals surface area contributed by atoms with E-state index in [1.54, 1.807) is 0 Å². The first-order valence-corrected chi connectivity index (χ1v) is 7.62. The van der Waals surface area contributed by atoms with E-state index in [1.165, 1.54) is 0 Å². The number of hydrogen-bond acceptors (Lipinski definition) is 4. The van der Waals surface area contributed by atoms with Gasteiger partial charge in [-0.3, -0.25) is 0 Å². The predicted octanol–water partition coefficient (Wildman–Crippen LogP) is 1.36. The van der Waals surface area contributed by atoms with Crippen LogP contribution in [0.2, 0.25) is 0 Å². The molecule has 0 unspecified atom stereocenters. The summed E-state index contributed by atoms with van der Waals surface area (Å²) >= 11 is 0. The van der Waals surface area contributed by atoms with Crippen LogP contribution in [-0.2, 0) is 0 Å². The maximum atomic E-state index is 4.70. The molecule has 2 aromatic rings. The Morgan fingerprint density at radius 1 is 0.864 bits per heavy atom. The van der Waals surface area contributed by atoms with Crippen molar-refractivity contribution in [2.24, 2.45) is 0 Å². The zero-order chi connectivity index (χ0) is 16.0. The Labute approximate surface area is 131 Å². The van der Waals surface area contributed by atoms with Gasteiger partial charge in [0.05, 0.1) is 11.4 Å². The molecule has 1 aliphatic rings. The minimum atomic E-state index is -1.26. The molecule has 0 aromatic carbocycles. The molecule has 0 fully saturated rings. The van der Waals surface area contributed by atoms with E-state index in [9.17, 15) is 0 Å². The summed E-state index contributed by atoms with van der Waals surface area (Å²) in [6.07, 6.45) is 2.09. The second-order valence-corrected chi connectivity index (χ2v) is 6.20. The molecule has 7 heteroatoms. The first kappa shape index (κ1) is 14.6. The van der Waals surface area contributed by atoms with E-state index in [1.807, 2.05) is 20.8 Å². The number of rotatable bonds is 3. The van der Waals surface area contributed by atoms with E-state index in [-0.39, 0.29) is 0 Å². The van der Waals surface area contributed by atoms with Crippen LogP contribution >= 0.6 is 0 Å². The first-order chi connectivity index (χ1) is 10.4. The van der Waals surface area contributed by atoms with Gasteiger partial charge in [-0.2, -0.15) is 0 Å². The fourth-order valence-corrected chi connectivity index (χ4v) is 3.26. The van der Waals surface area contributed by atoms with Gasteiger partial charge in [-0.1, -0.05) is 0 Å². The van der Waals surface area contributed by atoms with Crippen LogP contribution in [0.15, 0.2) is 23.9 Å². The van der Waals surface area contributed by atoms with Crippen LogP contribution in [-0.4, -0.2) is 37.1 Å². The Morgan fingerprint density at radius 3 is 1.68 bits per heavy atom. The molecule has 1 radical (unpaired) electrons. The third-order valence-corrected chi connectivity index (χ3v) is 4.11. The van der Waals surface area contributed by atoms with E-state index in [4.69, 9.17) is 15.3 Å². The van der Waals surface area contributed by atoms with E-state index in [0.717, 1.165) is 34.2 Å². The lowest BCUT2D eigenvalue weighted by atomic mass is 9.91. The van der Waals surface area contributed by atoms with Crippen LogP contribution in [0.3, 0.4) is 0 Å². The molecular formula is C15H22BN6. The van der Waals surface area contributed by atoms with Crippen molar-refractivity contribution in [3.8, 4) is 0 Å². The van der Waals surface area contributed by atoms with Gasteiger partial charge >= 0.3 is 7.12 Å². The largest absolute Gasteiger partial charge is 0.397 e. The highest BCUT2D eigenvalue weighted by molar-refractivity contribution is 6.52. The molecule has 0 atom stereocenters. The lowest BCUT2D eigenvalue weighted by molar-refractivity contribution is 0.478. The third-order valence-electron chi connectivity index (χ3n) is 4.11. The minimum Gasteiger partial charge on any atom is -0.397 e. The van der Waals surface area contributed by atoms with E-state index < -0.39 is 7.12 Å². The van der Waals surface area contributed by atoms with Crippen LogP contribution in [0.25, 0.3) is 0 Å². The van der Waals surface area contributed by atoms with Gasteiger partial charge < -0.3 is 9.19 Å². The Balaban J connectivity index is 2.17. The molecule has 2 aromatic heterocycles. The maximum Gasteiger partial charge on any atom is 0.375 e. The minimum absolute atomic E-state index is 1.01. The molecule has 3 heterocycles. The average Bonchev–Trinajstić information content (AvgIpc) is 3.02. The summed E-state index contributed by atoms with van der Waals surface area (Å²) in [6.45, 7) is 12.3. The first-order valence-electron chi connectivity index (χ1n) is 7.62. The van der Waals surface area contributed by atoms with Crippen molar-refractivity contribution >= 4 is 12.8 Å². The van der Waals surface area contributed by atoms with E-state index in [0.29, 0.717) is 0 Å². The van der Waals surface area contributed by atoms with Gasteiger partial charge in [0.2, 0.25) is 0 Å². The van der Waals surface area contributed by atoms with Crippen LogP contribution < -0.4 is 5.10 Å². The highest BCUT2D eigenvalue weighted by atomic mass is 15.5. The van der Waals surface area contributed by atoms with Crippen molar-refractivity contribution in [1.29, 1.82) is 0 Å². The Hall–Kier alpha value is -2.31. The fourth-order valence-electron chi connectivity index (χ4n) is 3.26. The van der Waals surface area contributed by atoms with E-state index in [2.05, 4.69) is 53.1 Å². The number of aryl methyl sites for hydroxylation is 4. The summed E-state index contributed by atoms with van der Waals surface area (Å²) in [6, 6.07) is 4.19. The van der Waals surface area contributed by atoms with Crippen molar-refractivity contribution in [2.45, 2.75) is 41.5 Å². The van der Waals surface area contributed by atoms with Gasteiger partial charge in [-0.25, -0.2) is 15.1 Å². The van der Waals surface area contributed by atoms with Crippen LogP contribution in [0, 0.1) is 27.7 Å². The summed E-state index contributed by atoms with van der Waals surface area (Å²) in [7, 11) is -1.26. The number of nitrogens with zero attached hydrogens (tertiary/aromatic N) is 6. The fraction of sp³-hybridized carbons (Fsp3) is 0.400. The normalized spacial score (nSPS) is 14.8. The lowest BCUT2D eigenvalue weighted by Crippen LogP contribution is -2.52. The van der Waals surface area contributed by atoms with Gasteiger partial charge in [0.1, 0.15) is 5.10 Å². The molecule has 22 heavy (non-hydrogen) atoms. The van der Waals surface area contributed by atoms with Gasteiger partial charge in [-0.15, -0.1) is 0 Å². The summed E-state index contributed by atoms with van der Waals surface area (Å²) in [4.78, 5) is 2.06. The SMILES string of the molecule is CC1=CC(C)=[N+]N1[BH-](n1nc(C)cc1C)n1nc(C)cc1C. The zero-order valence-corrected chi connectivity index (χ0v) is 14.1. The van der Waals surface area contributed by atoms with Crippen LogP contribution in [0.5, 0.6) is 0 Å². The number of aromatic nitrogens is 4. The standard InChI is InChI=1S/C15H22BN6/c1-10-7-13(4)20(17-10)16(21-14(5)8-11(2)18-21)22-15(6)9-12(3)19-22/h7-9,16H,1-6H3. The van der Waals surface area contributed by atoms with Gasteiger partial charge in [0.25, 0.3) is 5.71 Å². The van der Waals surface area contributed by atoms with Crippen molar-refractivity contribution in [3.63, 3.8) is 0 Å². The molecule has 0 spiro atoms. The summed E-state index contributed by atoms with van der Waals surface area (Å²) in [5.41, 5.74) is 6.40. The molecule has 0 N–H and O–H groups in total. The van der Waals surface area contributed by atoms with Gasteiger partial charge in [-0.05, 0) is 58.1 Å². The Bertz CT molecular complexity index is 736. The second-order valence-electron chi connectivity index (χ2n) is 6.20. The molecule has 0 amide bonds. The molecule has 6 nitrogen and oxygen atoms in total. The topological polar surface area (TPSA) is 53.0 Å². The maximum absolute atomic E-state index is 4.70. The molecule has 0 saturated carbocycles. The van der Waals surface area contributed by atoms with Gasteiger partial charge in [0.15, 0.2) is 0 Å². The molecular weight excluding hydrogens is 275 g/mol. The Kier molecular flexibility index (Phi) is 3.43. The van der Waals surface area contributed by atoms with Crippen molar-refractivity contribution < 1.29 is 0 Å². The monoisotopic (exact) mass is 297 g/mol. The quantitative estimate of drug-likeness (QED) is 0.804. The van der Waals surface area contributed by atoms with Crippen LogP contribution in [0.1, 0.15) is 36.6 Å². The van der Waals surface area contributed by atoms with Crippen LogP contribution in [0.4, 0.5) is 0 Å². The molecule has 115 valence electrons. The highest BCUT2D eigenvalue weighted by Gasteiger charge is 2.32. The van der Waals surface area contributed by atoms with Crippen molar-refractivity contribution in [3.05, 3.63) is 46.7 Å². The summed E-state index contributed by atoms with van der Waals surface area (Å²) in [5.74, 6) is 0. The average molecular weight is 297 g/mol. The predicted molar refractivity (Wildman–Crippen MR) is 89.8 cm³/mol. The molecule has 0 aliphatic carbocycles. The molecule has 3 rings (SSSR count). The smallest absolute Gasteiger partial charge is 0.375 e.